The van der Waals surface area contributed by atoms with Crippen molar-refractivity contribution in [1.82, 2.24) is 15.2 Å². The smallest absolute Gasteiger partial charge is 0.255 e. The number of benzene rings is 1. The summed E-state index contributed by atoms with van der Waals surface area (Å²) in [6.07, 6.45) is 6.64. The molecule has 0 saturated carbocycles. The van der Waals surface area contributed by atoms with Gasteiger partial charge in [-0.2, -0.15) is 0 Å². The normalized spacial score (nSPS) is 16.6. The van der Waals surface area contributed by atoms with Crippen LogP contribution in [0.2, 0.25) is 0 Å². The summed E-state index contributed by atoms with van der Waals surface area (Å²) in [5.74, 6) is -0.0947. The number of carbonyl (C=O) groups excluding carboxylic acids is 2. The molecule has 0 bridgehead atoms. The van der Waals surface area contributed by atoms with Crippen molar-refractivity contribution in [2.45, 2.75) is 38.6 Å². The van der Waals surface area contributed by atoms with Crippen molar-refractivity contribution in [2.24, 2.45) is 5.73 Å². The lowest BCUT2D eigenvalue weighted by atomic mass is 9.99. The van der Waals surface area contributed by atoms with E-state index >= 15 is 0 Å². The quantitative estimate of drug-likeness (QED) is 0.806. The van der Waals surface area contributed by atoms with Gasteiger partial charge in [-0.05, 0) is 37.8 Å². The Balaban J connectivity index is 1.74. The van der Waals surface area contributed by atoms with Crippen molar-refractivity contribution < 1.29 is 9.59 Å². The number of nitrogens with zero attached hydrogens (tertiary/aromatic N) is 2. The monoisotopic (exact) mass is 380 g/mol. The molecular weight excluding hydrogens is 352 g/mol. The Kier molecular flexibility index (Phi) is 6.76. The van der Waals surface area contributed by atoms with Gasteiger partial charge in [0.2, 0.25) is 5.91 Å². The number of nitrogens with two attached hydrogens (primary N) is 1. The Morgan fingerprint density at radius 3 is 2.71 bits per heavy atom. The van der Waals surface area contributed by atoms with E-state index in [0.29, 0.717) is 31.6 Å². The number of carbonyl (C=O) groups is 2. The number of piperidine rings is 1. The maximum Gasteiger partial charge on any atom is 0.255 e. The minimum absolute atomic E-state index is 0.00556. The molecule has 1 aromatic carbocycles. The maximum absolute atomic E-state index is 13.2. The number of amides is 2. The summed E-state index contributed by atoms with van der Waals surface area (Å²) in [7, 11) is 0. The average Bonchev–Trinajstić information content (AvgIpc) is 2.73. The minimum Gasteiger partial charge on any atom is -0.354 e. The molecule has 2 aromatic rings. The van der Waals surface area contributed by atoms with Crippen molar-refractivity contribution in [2.75, 3.05) is 19.6 Å². The molecule has 0 radical (unpaired) electrons. The third-order valence-corrected chi connectivity index (χ3v) is 5.16. The third kappa shape index (κ3) is 4.95. The van der Waals surface area contributed by atoms with Crippen molar-refractivity contribution in [3.05, 3.63) is 53.9 Å². The highest BCUT2D eigenvalue weighted by Crippen LogP contribution is 2.23. The second-order valence-corrected chi connectivity index (χ2v) is 7.32. The van der Waals surface area contributed by atoms with Gasteiger partial charge in [-0.25, -0.2) is 0 Å². The minimum atomic E-state index is -0.0662. The van der Waals surface area contributed by atoms with E-state index in [9.17, 15) is 9.59 Å². The SMILES string of the molecule is Cc1ccc(-c2cncc(C(=O)N3CCCCC3CNC(=O)CCN)c2)cc1. The molecule has 1 unspecified atom stereocenters. The predicted octanol–water partition coefficient (Wildman–Crippen LogP) is 2.52. The molecule has 2 heterocycles. The second kappa shape index (κ2) is 9.46. The van der Waals surface area contributed by atoms with Crippen LogP contribution in [-0.2, 0) is 4.79 Å². The maximum atomic E-state index is 13.2. The van der Waals surface area contributed by atoms with Crippen LogP contribution in [0.15, 0.2) is 42.7 Å². The number of nitrogens with one attached hydrogen (secondary N) is 1. The number of rotatable bonds is 6. The van der Waals surface area contributed by atoms with Gasteiger partial charge in [0.25, 0.3) is 5.91 Å². The Morgan fingerprint density at radius 1 is 1.18 bits per heavy atom. The summed E-state index contributed by atoms with van der Waals surface area (Å²) in [5.41, 5.74) is 9.17. The third-order valence-electron chi connectivity index (χ3n) is 5.16. The summed E-state index contributed by atoms with van der Waals surface area (Å²) in [6.45, 7) is 3.54. The molecule has 3 rings (SSSR count). The number of pyridine rings is 1. The van der Waals surface area contributed by atoms with Crippen LogP contribution in [-0.4, -0.2) is 47.4 Å². The zero-order valence-electron chi connectivity index (χ0n) is 16.4. The molecule has 6 heteroatoms. The first-order chi connectivity index (χ1) is 13.6. The molecule has 1 aliphatic heterocycles. The summed E-state index contributed by atoms with van der Waals surface area (Å²) in [5, 5.41) is 2.90. The van der Waals surface area contributed by atoms with Crippen molar-refractivity contribution in [1.29, 1.82) is 0 Å². The molecule has 28 heavy (non-hydrogen) atoms. The number of aryl methyl sites for hydroxylation is 1. The summed E-state index contributed by atoms with van der Waals surface area (Å²) >= 11 is 0. The zero-order valence-corrected chi connectivity index (χ0v) is 16.4. The molecule has 3 N–H and O–H groups in total. The lowest BCUT2D eigenvalue weighted by Crippen LogP contribution is -2.49. The van der Waals surface area contributed by atoms with Crippen LogP contribution >= 0.6 is 0 Å². The fraction of sp³-hybridized carbons (Fsp3) is 0.409. The molecule has 6 nitrogen and oxygen atoms in total. The van der Waals surface area contributed by atoms with Crippen LogP contribution in [0, 0.1) is 6.92 Å². The average molecular weight is 380 g/mol. The van der Waals surface area contributed by atoms with Crippen molar-refractivity contribution >= 4 is 11.8 Å². The Labute approximate surface area is 166 Å². The van der Waals surface area contributed by atoms with E-state index in [-0.39, 0.29) is 17.9 Å². The van der Waals surface area contributed by atoms with E-state index in [4.69, 9.17) is 5.73 Å². The van der Waals surface area contributed by atoms with Gasteiger partial charge in [0, 0.05) is 50.1 Å². The van der Waals surface area contributed by atoms with Crippen LogP contribution in [0.5, 0.6) is 0 Å². The summed E-state index contributed by atoms with van der Waals surface area (Å²) < 4.78 is 0. The van der Waals surface area contributed by atoms with E-state index in [1.165, 1.54) is 5.56 Å². The molecule has 1 fully saturated rings. The van der Waals surface area contributed by atoms with Crippen LogP contribution in [0.1, 0.15) is 41.6 Å². The highest BCUT2D eigenvalue weighted by Gasteiger charge is 2.28. The van der Waals surface area contributed by atoms with Gasteiger partial charge < -0.3 is 16.0 Å². The van der Waals surface area contributed by atoms with Gasteiger partial charge >= 0.3 is 0 Å². The molecule has 2 amide bonds. The predicted molar refractivity (Wildman–Crippen MR) is 110 cm³/mol. The van der Waals surface area contributed by atoms with Crippen molar-refractivity contribution in [3.63, 3.8) is 0 Å². The van der Waals surface area contributed by atoms with Crippen LogP contribution < -0.4 is 11.1 Å². The molecule has 1 atom stereocenters. The van der Waals surface area contributed by atoms with Crippen LogP contribution in [0.4, 0.5) is 0 Å². The molecule has 1 aromatic heterocycles. The lowest BCUT2D eigenvalue weighted by Gasteiger charge is -2.36. The van der Waals surface area contributed by atoms with E-state index in [1.807, 2.05) is 30.0 Å². The van der Waals surface area contributed by atoms with Crippen LogP contribution in [0.25, 0.3) is 11.1 Å². The number of aromatic nitrogens is 1. The standard InChI is InChI=1S/C22H28N4O2/c1-16-5-7-17(8-6-16)18-12-19(14-24-13-18)22(28)26-11-3-2-4-20(26)15-25-21(27)9-10-23/h5-8,12-14,20H,2-4,9-11,15,23H2,1H3,(H,25,27). The van der Waals surface area contributed by atoms with Gasteiger partial charge in [0.1, 0.15) is 0 Å². The fourth-order valence-electron chi connectivity index (χ4n) is 3.56. The molecule has 148 valence electrons. The van der Waals surface area contributed by atoms with Gasteiger partial charge in [0.05, 0.1) is 5.56 Å². The summed E-state index contributed by atoms with van der Waals surface area (Å²) in [4.78, 5) is 31.1. The highest BCUT2D eigenvalue weighted by atomic mass is 16.2. The van der Waals surface area contributed by atoms with Gasteiger partial charge in [-0.3, -0.25) is 14.6 Å². The molecular formula is C22H28N4O2. The van der Waals surface area contributed by atoms with Crippen LogP contribution in [0.3, 0.4) is 0 Å². The Hall–Kier alpha value is -2.73. The lowest BCUT2D eigenvalue weighted by molar-refractivity contribution is -0.121. The molecule has 0 spiro atoms. The number of hydrogen-bond acceptors (Lipinski definition) is 4. The highest BCUT2D eigenvalue weighted by molar-refractivity contribution is 5.95. The first kappa shape index (κ1) is 20.0. The Morgan fingerprint density at radius 2 is 1.96 bits per heavy atom. The van der Waals surface area contributed by atoms with E-state index in [2.05, 4.69) is 22.4 Å². The van der Waals surface area contributed by atoms with E-state index < -0.39 is 0 Å². The largest absolute Gasteiger partial charge is 0.354 e. The number of likely N-dealkylation sites (tertiary alicyclic amines) is 1. The summed E-state index contributed by atoms with van der Waals surface area (Å²) in [6, 6.07) is 10.1. The molecule has 1 aliphatic rings. The van der Waals surface area contributed by atoms with E-state index in [0.717, 1.165) is 30.4 Å². The number of hydrogen-bond donors (Lipinski definition) is 2. The first-order valence-electron chi connectivity index (χ1n) is 9.88. The van der Waals surface area contributed by atoms with Gasteiger partial charge in [0.15, 0.2) is 0 Å². The van der Waals surface area contributed by atoms with Crippen molar-refractivity contribution in [3.8, 4) is 11.1 Å². The molecule has 0 aliphatic carbocycles. The zero-order chi connectivity index (χ0) is 19.9. The fourth-order valence-corrected chi connectivity index (χ4v) is 3.56. The second-order valence-electron chi connectivity index (χ2n) is 7.32. The Bertz CT molecular complexity index is 820. The molecule has 1 saturated heterocycles. The van der Waals surface area contributed by atoms with Gasteiger partial charge in [-0.15, -0.1) is 0 Å². The van der Waals surface area contributed by atoms with Gasteiger partial charge in [-0.1, -0.05) is 29.8 Å². The topological polar surface area (TPSA) is 88.3 Å². The first-order valence-corrected chi connectivity index (χ1v) is 9.88. The van der Waals surface area contributed by atoms with E-state index in [1.54, 1.807) is 12.4 Å².